The van der Waals surface area contributed by atoms with E-state index >= 15 is 0 Å². The van der Waals surface area contributed by atoms with E-state index in [2.05, 4.69) is 16.9 Å². The number of aromatic nitrogens is 2. The Hall–Kier alpha value is -1.07. The van der Waals surface area contributed by atoms with E-state index in [4.69, 9.17) is 11.6 Å². The van der Waals surface area contributed by atoms with Gasteiger partial charge in [-0.3, -0.25) is 4.79 Å². The monoisotopic (exact) mass is 270 g/mol. The third-order valence-electron chi connectivity index (χ3n) is 3.60. The average Bonchev–Trinajstić information content (AvgIpc) is 2.75. The fraction of sp³-hybridized carbons (Fsp3) is 0.667. The summed E-state index contributed by atoms with van der Waals surface area (Å²) in [5, 5.41) is 0.361. The molecule has 0 aliphatic carbocycles. The first-order chi connectivity index (χ1) is 8.58. The highest BCUT2D eigenvalue weighted by molar-refractivity contribution is 6.28. The van der Waals surface area contributed by atoms with Crippen LogP contribution < -0.4 is 0 Å². The summed E-state index contributed by atoms with van der Waals surface area (Å²) in [5.74, 6) is 0.0875. The first kappa shape index (κ1) is 13.4. The fourth-order valence-corrected chi connectivity index (χ4v) is 2.44. The number of hydrogen-bond donors (Lipinski definition) is 0. The molecule has 100 valence electrons. The van der Waals surface area contributed by atoms with Crippen molar-refractivity contribution in [2.75, 3.05) is 27.2 Å². The number of likely N-dealkylation sites (N-methyl/N-ethyl adjacent to an activating group) is 1. The maximum absolute atomic E-state index is 12.1. The van der Waals surface area contributed by atoms with Gasteiger partial charge < -0.3 is 14.4 Å². The summed E-state index contributed by atoms with van der Waals surface area (Å²) in [6, 6.07) is 0.344. The molecule has 1 aliphatic heterocycles. The number of carbonyl (C=O) groups excluding carboxylic acids is 1. The molecule has 1 fully saturated rings. The van der Waals surface area contributed by atoms with E-state index in [9.17, 15) is 4.79 Å². The molecule has 1 saturated heterocycles. The Morgan fingerprint density at radius 2 is 2.22 bits per heavy atom. The Bertz CT molecular complexity index is 412. The smallest absolute Gasteiger partial charge is 0.242 e. The van der Waals surface area contributed by atoms with Gasteiger partial charge in [-0.1, -0.05) is 0 Å². The summed E-state index contributed by atoms with van der Waals surface area (Å²) in [6.07, 6.45) is 5.40. The molecular weight excluding hydrogens is 252 g/mol. The van der Waals surface area contributed by atoms with Gasteiger partial charge in [-0.05, 0) is 44.6 Å². The van der Waals surface area contributed by atoms with E-state index in [1.807, 2.05) is 11.9 Å². The van der Waals surface area contributed by atoms with Crippen LogP contribution in [0.3, 0.4) is 0 Å². The minimum atomic E-state index is 0.0875. The molecule has 5 nitrogen and oxygen atoms in total. The quantitative estimate of drug-likeness (QED) is 0.826. The minimum Gasteiger partial charge on any atom is -0.341 e. The maximum Gasteiger partial charge on any atom is 0.242 e. The largest absolute Gasteiger partial charge is 0.341 e. The van der Waals surface area contributed by atoms with Crippen molar-refractivity contribution in [3.63, 3.8) is 0 Å². The van der Waals surface area contributed by atoms with Crippen LogP contribution in [0.25, 0.3) is 0 Å². The number of piperidine rings is 1. The normalized spacial score (nSPS) is 17.9. The van der Waals surface area contributed by atoms with Crippen LogP contribution in [0.2, 0.25) is 5.28 Å². The highest BCUT2D eigenvalue weighted by atomic mass is 35.5. The van der Waals surface area contributed by atoms with E-state index < -0.39 is 0 Å². The predicted octanol–water partition coefficient (Wildman–Crippen LogP) is 1.09. The molecular formula is C12H19ClN4O. The Balaban J connectivity index is 1.91. The van der Waals surface area contributed by atoms with E-state index in [-0.39, 0.29) is 12.5 Å². The zero-order valence-electron chi connectivity index (χ0n) is 10.8. The van der Waals surface area contributed by atoms with E-state index in [0.717, 1.165) is 25.9 Å². The summed E-state index contributed by atoms with van der Waals surface area (Å²) in [7, 11) is 3.99. The lowest BCUT2D eigenvalue weighted by Gasteiger charge is -2.35. The second-order valence-corrected chi connectivity index (χ2v) is 5.20. The van der Waals surface area contributed by atoms with Crippen molar-refractivity contribution in [3.05, 3.63) is 17.7 Å². The van der Waals surface area contributed by atoms with Gasteiger partial charge in [0, 0.05) is 25.5 Å². The lowest BCUT2D eigenvalue weighted by atomic mass is 10.0. The molecule has 0 bridgehead atoms. The molecule has 18 heavy (non-hydrogen) atoms. The molecule has 0 N–H and O–H groups in total. The predicted molar refractivity (Wildman–Crippen MR) is 70.5 cm³/mol. The number of carbonyl (C=O) groups is 1. The van der Waals surface area contributed by atoms with Crippen LogP contribution in [0.4, 0.5) is 0 Å². The Morgan fingerprint density at radius 3 is 2.78 bits per heavy atom. The molecule has 1 amide bonds. The second-order valence-electron chi connectivity index (χ2n) is 4.86. The molecule has 0 aromatic carbocycles. The van der Waals surface area contributed by atoms with Gasteiger partial charge in [0.1, 0.15) is 6.54 Å². The molecule has 1 aromatic rings. The topological polar surface area (TPSA) is 41.4 Å². The van der Waals surface area contributed by atoms with Crippen molar-refractivity contribution in [1.29, 1.82) is 0 Å². The lowest BCUT2D eigenvalue weighted by molar-refractivity contribution is -0.133. The molecule has 2 heterocycles. The molecule has 1 aliphatic rings. The van der Waals surface area contributed by atoms with Crippen LogP contribution in [0.5, 0.6) is 0 Å². The molecule has 2 rings (SSSR count). The number of hydrogen-bond acceptors (Lipinski definition) is 3. The van der Waals surface area contributed by atoms with Gasteiger partial charge >= 0.3 is 0 Å². The molecule has 0 radical (unpaired) electrons. The maximum atomic E-state index is 12.1. The van der Waals surface area contributed by atoms with Crippen molar-refractivity contribution >= 4 is 17.5 Å². The zero-order chi connectivity index (χ0) is 13.1. The molecule has 0 atom stereocenters. The minimum absolute atomic E-state index is 0.0875. The van der Waals surface area contributed by atoms with Gasteiger partial charge in [0.25, 0.3) is 0 Å². The Morgan fingerprint density at radius 1 is 1.56 bits per heavy atom. The number of likely N-dealkylation sites (tertiary alicyclic amines) is 1. The first-order valence-corrected chi connectivity index (χ1v) is 6.56. The van der Waals surface area contributed by atoms with Crippen LogP contribution in [0.1, 0.15) is 12.8 Å². The van der Waals surface area contributed by atoms with E-state index in [1.54, 1.807) is 17.0 Å². The second kappa shape index (κ2) is 5.71. The Labute approximate surface area is 112 Å². The van der Waals surface area contributed by atoms with Crippen LogP contribution in [0.15, 0.2) is 12.4 Å². The van der Waals surface area contributed by atoms with Gasteiger partial charge in [-0.25, -0.2) is 4.98 Å². The highest BCUT2D eigenvalue weighted by Crippen LogP contribution is 2.15. The zero-order valence-corrected chi connectivity index (χ0v) is 11.6. The fourth-order valence-electron chi connectivity index (χ4n) is 2.27. The number of imidazole rings is 1. The van der Waals surface area contributed by atoms with Crippen molar-refractivity contribution in [2.24, 2.45) is 0 Å². The van der Waals surface area contributed by atoms with Crippen molar-refractivity contribution < 1.29 is 4.79 Å². The SMILES string of the molecule is CN1CCC(N(C)C(=O)Cn2ccnc2Cl)CC1. The molecule has 0 saturated carbocycles. The number of halogens is 1. The van der Waals surface area contributed by atoms with Crippen LogP contribution in [-0.2, 0) is 11.3 Å². The third-order valence-corrected chi connectivity index (χ3v) is 3.91. The summed E-state index contributed by atoms with van der Waals surface area (Å²) in [4.78, 5) is 20.2. The molecule has 0 unspecified atom stereocenters. The summed E-state index contributed by atoms with van der Waals surface area (Å²) in [6.45, 7) is 2.36. The molecule has 0 spiro atoms. The average molecular weight is 271 g/mol. The Kier molecular flexibility index (Phi) is 4.24. The van der Waals surface area contributed by atoms with Gasteiger partial charge in [0.15, 0.2) is 0 Å². The summed E-state index contributed by atoms with van der Waals surface area (Å²) in [5.41, 5.74) is 0. The van der Waals surface area contributed by atoms with Gasteiger partial charge in [0.2, 0.25) is 11.2 Å². The number of nitrogens with zero attached hydrogens (tertiary/aromatic N) is 4. The van der Waals surface area contributed by atoms with Crippen LogP contribution in [0, 0.1) is 0 Å². The molecule has 6 heteroatoms. The van der Waals surface area contributed by atoms with Crippen molar-refractivity contribution in [2.45, 2.75) is 25.4 Å². The number of rotatable bonds is 3. The number of amides is 1. The van der Waals surface area contributed by atoms with E-state index in [1.165, 1.54) is 0 Å². The molecule has 1 aromatic heterocycles. The summed E-state index contributed by atoms with van der Waals surface area (Å²) < 4.78 is 1.66. The van der Waals surface area contributed by atoms with Crippen LogP contribution in [-0.4, -0.2) is 58.5 Å². The van der Waals surface area contributed by atoms with Crippen LogP contribution >= 0.6 is 11.6 Å². The lowest BCUT2D eigenvalue weighted by Crippen LogP contribution is -2.45. The third kappa shape index (κ3) is 3.03. The highest BCUT2D eigenvalue weighted by Gasteiger charge is 2.24. The first-order valence-electron chi connectivity index (χ1n) is 6.19. The van der Waals surface area contributed by atoms with Gasteiger partial charge in [-0.2, -0.15) is 0 Å². The standard InChI is InChI=1S/C12H19ClN4O/c1-15-6-3-10(4-7-15)16(2)11(18)9-17-8-5-14-12(17)13/h5,8,10H,3-4,6-7,9H2,1-2H3. The van der Waals surface area contributed by atoms with Gasteiger partial charge in [0.05, 0.1) is 0 Å². The van der Waals surface area contributed by atoms with Crippen molar-refractivity contribution in [1.82, 2.24) is 19.4 Å². The van der Waals surface area contributed by atoms with Gasteiger partial charge in [-0.15, -0.1) is 0 Å². The van der Waals surface area contributed by atoms with E-state index in [0.29, 0.717) is 11.3 Å². The summed E-state index contributed by atoms with van der Waals surface area (Å²) >= 11 is 5.87. The van der Waals surface area contributed by atoms with Crippen molar-refractivity contribution in [3.8, 4) is 0 Å².